The summed E-state index contributed by atoms with van der Waals surface area (Å²) in [4.78, 5) is 24.8. The summed E-state index contributed by atoms with van der Waals surface area (Å²) in [6, 6.07) is 12.9. The van der Waals surface area contributed by atoms with Crippen molar-refractivity contribution in [1.82, 2.24) is 20.3 Å². The van der Waals surface area contributed by atoms with Gasteiger partial charge >= 0.3 is 6.18 Å². The highest BCUT2D eigenvalue weighted by atomic mass is 19.4. The average molecular weight is 438 g/mol. The number of hydrogen-bond donors (Lipinski definition) is 1. The Labute approximate surface area is 181 Å². The van der Waals surface area contributed by atoms with Gasteiger partial charge in [0.1, 0.15) is 17.1 Å². The van der Waals surface area contributed by atoms with Gasteiger partial charge in [-0.25, -0.2) is 4.98 Å². The number of alkyl halides is 3. The maximum absolute atomic E-state index is 12.6. The van der Waals surface area contributed by atoms with Crippen LogP contribution >= 0.6 is 0 Å². The zero-order valence-electron chi connectivity index (χ0n) is 16.8. The van der Waals surface area contributed by atoms with E-state index in [2.05, 4.69) is 20.3 Å². The molecule has 0 saturated heterocycles. The van der Waals surface area contributed by atoms with Gasteiger partial charge in [-0.05, 0) is 41.5 Å². The molecule has 0 unspecified atom stereocenters. The van der Waals surface area contributed by atoms with E-state index < -0.39 is 17.8 Å². The van der Waals surface area contributed by atoms with Crippen molar-refractivity contribution >= 4 is 16.8 Å². The van der Waals surface area contributed by atoms with Crippen LogP contribution in [0.4, 0.5) is 13.2 Å². The number of hydrogen-bond acceptors (Lipinski definition) is 5. The summed E-state index contributed by atoms with van der Waals surface area (Å²) in [5, 5.41) is 3.42. The molecule has 0 bridgehead atoms. The second-order valence-corrected chi connectivity index (χ2v) is 6.92. The van der Waals surface area contributed by atoms with E-state index in [9.17, 15) is 18.0 Å². The quantitative estimate of drug-likeness (QED) is 0.491. The number of ether oxygens (including phenoxy) is 1. The maximum atomic E-state index is 12.6. The van der Waals surface area contributed by atoms with E-state index in [1.165, 1.54) is 6.07 Å². The Hall–Kier alpha value is -4.01. The Balaban J connectivity index is 1.55. The molecule has 32 heavy (non-hydrogen) atoms. The Kier molecular flexibility index (Phi) is 5.72. The molecule has 0 aliphatic carbocycles. The molecule has 0 spiro atoms. The van der Waals surface area contributed by atoms with Gasteiger partial charge < -0.3 is 10.1 Å². The lowest BCUT2D eigenvalue weighted by molar-refractivity contribution is -0.141. The van der Waals surface area contributed by atoms with Crippen LogP contribution in [0.3, 0.4) is 0 Å². The Morgan fingerprint density at radius 2 is 1.78 bits per heavy atom. The monoisotopic (exact) mass is 438 g/mol. The van der Waals surface area contributed by atoms with Gasteiger partial charge in [0.05, 0.1) is 12.6 Å². The number of amides is 1. The molecule has 1 aromatic carbocycles. The lowest BCUT2D eigenvalue weighted by Gasteiger charge is -2.10. The predicted octanol–water partition coefficient (Wildman–Crippen LogP) is 4.65. The first-order valence-corrected chi connectivity index (χ1v) is 9.54. The average Bonchev–Trinajstić information content (AvgIpc) is 2.81. The number of nitrogens with one attached hydrogen (secondary N) is 1. The topological polar surface area (TPSA) is 77.0 Å². The molecule has 4 aromatic rings. The van der Waals surface area contributed by atoms with Gasteiger partial charge in [-0.2, -0.15) is 13.2 Å². The lowest BCUT2D eigenvalue weighted by atomic mass is 10.0. The number of carbonyl (C=O) groups is 1. The summed E-state index contributed by atoms with van der Waals surface area (Å²) in [6.45, 7) is 0.0192. The molecule has 0 radical (unpaired) electrons. The summed E-state index contributed by atoms with van der Waals surface area (Å²) < 4.78 is 43.1. The van der Waals surface area contributed by atoms with Crippen LogP contribution in [0.5, 0.6) is 5.75 Å². The lowest BCUT2D eigenvalue weighted by Crippen LogP contribution is -2.24. The first-order valence-electron chi connectivity index (χ1n) is 9.54. The molecule has 3 heterocycles. The zero-order valence-corrected chi connectivity index (χ0v) is 16.8. The third-order valence-corrected chi connectivity index (χ3v) is 4.80. The van der Waals surface area contributed by atoms with Crippen LogP contribution in [-0.2, 0) is 12.7 Å². The molecule has 0 saturated carbocycles. The van der Waals surface area contributed by atoms with E-state index in [1.807, 2.05) is 24.3 Å². The van der Waals surface area contributed by atoms with E-state index in [4.69, 9.17) is 4.74 Å². The van der Waals surface area contributed by atoms with Crippen LogP contribution in [0, 0.1) is 0 Å². The highest BCUT2D eigenvalue weighted by molar-refractivity contribution is 5.98. The summed E-state index contributed by atoms with van der Waals surface area (Å²) in [5.41, 5.74) is 1.86. The number of aromatic nitrogens is 3. The molecule has 162 valence electrons. The predicted molar refractivity (Wildman–Crippen MR) is 112 cm³/mol. The standard InChI is InChI=1S/C23H17F3N4O2/c1-32-17-6-3-15(4-7-17)18-13-27-12-16-5-8-19(30-21(16)18)22(31)29-11-14-2-9-20(28-10-14)23(24,25)26/h2-10,12-13H,11H2,1H3,(H,29,31). The van der Waals surface area contributed by atoms with Crippen molar-refractivity contribution in [3.63, 3.8) is 0 Å². The van der Waals surface area contributed by atoms with E-state index in [-0.39, 0.29) is 12.2 Å². The number of nitrogens with zero attached hydrogens (tertiary/aromatic N) is 3. The number of fused-ring (bicyclic) bond motifs is 1. The first-order chi connectivity index (χ1) is 15.3. The number of carbonyl (C=O) groups excluding carboxylic acids is 1. The highest BCUT2D eigenvalue weighted by Crippen LogP contribution is 2.28. The summed E-state index contributed by atoms with van der Waals surface area (Å²) in [6.07, 6.45) is -0.0881. The van der Waals surface area contributed by atoms with Gasteiger partial charge in [0.2, 0.25) is 0 Å². The van der Waals surface area contributed by atoms with Crippen molar-refractivity contribution in [2.45, 2.75) is 12.7 Å². The van der Waals surface area contributed by atoms with Gasteiger partial charge in [-0.15, -0.1) is 0 Å². The molecular weight excluding hydrogens is 421 g/mol. The number of methoxy groups -OCH3 is 1. The molecule has 6 nitrogen and oxygen atoms in total. The zero-order chi connectivity index (χ0) is 22.7. The van der Waals surface area contributed by atoms with Crippen molar-refractivity contribution in [1.29, 1.82) is 0 Å². The Morgan fingerprint density at radius 1 is 1.00 bits per heavy atom. The Bertz CT molecular complexity index is 1260. The number of pyridine rings is 3. The van der Waals surface area contributed by atoms with E-state index in [0.717, 1.165) is 28.8 Å². The maximum Gasteiger partial charge on any atom is 0.433 e. The first kappa shape index (κ1) is 21.2. The molecule has 4 rings (SSSR count). The Morgan fingerprint density at radius 3 is 2.44 bits per heavy atom. The minimum Gasteiger partial charge on any atom is -0.497 e. The van der Waals surface area contributed by atoms with Gasteiger partial charge in [0.25, 0.3) is 5.91 Å². The fourth-order valence-corrected chi connectivity index (χ4v) is 3.12. The van der Waals surface area contributed by atoms with Crippen LogP contribution in [-0.4, -0.2) is 28.0 Å². The smallest absolute Gasteiger partial charge is 0.433 e. The minimum atomic E-state index is -4.51. The van der Waals surface area contributed by atoms with Crippen molar-refractivity contribution in [2.24, 2.45) is 0 Å². The summed E-state index contributed by atoms with van der Waals surface area (Å²) >= 11 is 0. The molecule has 1 N–H and O–H groups in total. The van der Waals surface area contributed by atoms with E-state index in [0.29, 0.717) is 16.8 Å². The molecular formula is C23H17F3N4O2. The van der Waals surface area contributed by atoms with Crippen molar-refractivity contribution in [3.8, 4) is 16.9 Å². The number of rotatable bonds is 5. The van der Waals surface area contributed by atoms with Crippen LogP contribution in [0.1, 0.15) is 21.7 Å². The molecule has 0 atom stereocenters. The van der Waals surface area contributed by atoms with Crippen molar-refractivity contribution < 1.29 is 22.7 Å². The number of halogens is 3. The molecule has 0 aliphatic rings. The molecule has 3 aromatic heterocycles. The van der Waals surface area contributed by atoms with Crippen LogP contribution < -0.4 is 10.1 Å². The van der Waals surface area contributed by atoms with Crippen LogP contribution in [0.15, 0.2) is 67.1 Å². The van der Waals surface area contributed by atoms with Gasteiger partial charge in [-0.3, -0.25) is 14.8 Å². The fraction of sp³-hybridized carbons (Fsp3) is 0.130. The molecule has 0 fully saturated rings. The largest absolute Gasteiger partial charge is 0.497 e. The molecule has 0 aliphatic heterocycles. The van der Waals surface area contributed by atoms with Gasteiger partial charge in [0.15, 0.2) is 0 Å². The second-order valence-electron chi connectivity index (χ2n) is 6.92. The second kappa shape index (κ2) is 8.62. The normalized spacial score (nSPS) is 11.4. The van der Waals surface area contributed by atoms with E-state index in [1.54, 1.807) is 31.6 Å². The van der Waals surface area contributed by atoms with Gasteiger partial charge in [0, 0.05) is 36.1 Å². The SMILES string of the molecule is COc1ccc(-c2cncc3ccc(C(=O)NCc4ccc(C(F)(F)F)nc4)nc23)cc1. The summed E-state index contributed by atoms with van der Waals surface area (Å²) in [7, 11) is 1.58. The summed E-state index contributed by atoms with van der Waals surface area (Å²) in [5.74, 6) is 0.261. The van der Waals surface area contributed by atoms with E-state index >= 15 is 0 Å². The van der Waals surface area contributed by atoms with Crippen LogP contribution in [0.2, 0.25) is 0 Å². The molecule has 9 heteroatoms. The van der Waals surface area contributed by atoms with Crippen molar-refractivity contribution in [3.05, 3.63) is 84.1 Å². The minimum absolute atomic E-state index is 0.0192. The van der Waals surface area contributed by atoms with Gasteiger partial charge in [-0.1, -0.05) is 18.2 Å². The third kappa shape index (κ3) is 4.51. The van der Waals surface area contributed by atoms with Crippen LogP contribution in [0.25, 0.3) is 22.0 Å². The molecule has 1 amide bonds. The van der Waals surface area contributed by atoms with Crippen molar-refractivity contribution in [2.75, 3.05) is 7.11 Å². The highest BCUT2D eigenvalue weighted by Gasteiger charge is 2.32. The number of benzene rings is 1. The third-order valence-electron chi connectivity index (χ3n) is 4.80. The fourth-order valence-electron chi connectivity index (χ4n) is 3.12.